The fourth-order valence-corrected chi connectivity index (χ4v) is 3.50. The number of hydrogen-bond acceptors (Lipinski definition) is 4. The van der Waals surface area contributed by atoms with Gasteiger partial charge in [0.25, 0.3) is 0 Å². The maximum atomic E-state index is 10.5. The average Bonchev–Trinajstić information content (AvgIpc) is 3.12. The van der Waals surface area contributed by atoms with Gasteiger partial charge in [-0.15, -0.1) is 0 Å². The Hall–Kier alpha value is -2.40. The molecule has 2 atom stereocenters. The molecule has 1 N–H and O–H groups in total. The van der Waals surface area contributed by atoms with E-state index in [2.05, 4.69) is 20.9 Å². The second-order valence-corrected chi connectivity index (χ2v) is 6.29. The van der Waals surface area contributed by atoms with Crippen molar-refractivity contribution >= 4 is 16.7 Å². The lowest BCUT2D eigenvalue weighted by atomic mass is 9.97. The standard InChI is InChI=1S/C18H20N4O/c1-21-9-5-15-16(4-8-20-18(15)21)22-11-14(17(23)12-22)10-13-2-6-19-7-3-13/h2-9,14,17,23H,10-12H2,1H3/t14-,17-/m1/s1. The fourth-order valence-electron chi connectivity index (χ4n) is 3.50. The molecular weight excluding hydrogens is 288 g/mol. The molecular formula is C18H20N4O. The van der Waals surface area contributed by atoms with Crippen molar-refractivity contribution in [2.75, 3.05) is 18.0 Å². The van der Waals surface area contributed by atoms with Gasteiger partial charge >= 0.3 is 0 Å². The molecule has 23 heavy (non-hydrogen) atoms. The molecule has 0 unspecified atom stereocenters. The number of nitrogens with zero attached hydrogens (tertiary/aromatic N) is 4. The topological polar surface area (TPSA) is 54.2 Å². The highest BCUT2D eigenvalue weighted by Crippen LogP contribution is 2.31. The largest absolute Gasteiger partial charge is 0.391 e. The second kappa shape index (κ2) is 5.66. The van der Waals surface area contributed by atoms with Gasteiger partial charge in [-0.3, -0.25) is 4.98 Å². The van der Waals surface area contributed by atoms with E-state index in [0.717, 1.165) is 29.7 Å². The summed E-state index contributed by atoms with van der Waals surface area (Å²) in [5, 5.41) is 11.6. The summed E-state index contributed by atoms with van der Waals surface area (Å²) in [5.41, 5.74) is 3.37. The lowest BCUT2D eigenvalue weighted by Crippen LogP contribution is -2.21. The van der Waals surface area contributed by atoms with Gasteiger partial charge in [0.1, 0.15) is 5.65 Å². The van der Waals surface area contributed by atoms with E-state index in [9.17, 15) is 5.11 Å². The number of aliphatic hydroxyl groups excluding tert-OH is 1. The highest BCUT2D eigenvalue weighted by atomic mass is 16.3. The Labute approximate surface area is 135 Å². The average molecular weight is 308 g/mol. The normalized spacial score (nSPS) is 21.2. The zero-order valence-corrected chi connectivity index (χ0v) is 13.1. The molecule has 0 amide bonds. The second-order valence-electron chi connectivity index (χ2n) is 6.29. The molecule has 1 saturated heterocycles. The number of aromatic nitrogens is 3. The van der Waals surface area contributed by atoms with Gasteiger partial charge in [-0.05, 0) is 36.2 Å². The number of fused-ring (bicyclic) bond motifs is 1. The van der Waals surface area contributed by atoms with E-state index in [1.165, 1.54) is 5.56 Å². The zero-order valence-electron chi connectivity index (χ0n) is 13.1. The quantitative estimate of drug-likeness (QED) is 0.804. The highest BCUT2D eigenvalue weighted by molar-refractivity contribution is 5.90. The molecule has 0 radical (unpaired) electrons. The Morgan fingerprint density at radius 3 is 2.78 bits per heavy atom. The maximum absolute atomic E-state index is 10.5. The summed E-state index contributed by atoms with van der Waals surface area (Å²) in [5.74, 6) is 0.240. The molecule has 0 bridgehead atoms. The Balaban J connectivity index is 1.59. The van der Waals surface area contributed by atoms with E-state index in [1.54, 1.807) is 0 Å². The smallest absolute Gasteiger partial charge is 0.141 e. The van der Waals surface area contributed by atoms with Crippen LogP contribution in [0.2, 0.25) is 0 Å². The van der Waals surface area contributed by atoms with Gasteiger partial charge < -0.3 is 14.6 Å². The summed E-state index contributed by atoms with van der Waals surface area (Å²) in [7, 11) is 2.00. The first-order valence-electron chi connectivity index (χ1n) is 7.94. The van der Waals surface area contributed by atoms with Crippen molar-refractivity contribution in [2.24, 2.45) is 13.0 Å². The Morgan fingerprint density at radius 2 is 1.96 bits per heavy atom. The summed E-state index contributed by atoms with van der Waals surface area (Å²) >= 11 is 0. The monoisotopic (exact) mass is 308 g/mol. The predicted octanol–water partition coefficient (Wildman–Crippen LogP) is 2.01. The third kappa shape index (κ3) is 2.57. The van der Waals surface area contributed by atoms with Crippen molar-refractivity contribution in [2.45, 2.75) is 12.5 Å². The van der Waals surface area contributed by atoms with Gasteiger partial charge in [0, 0.05) is 61.9 Å². The molecule has 1 fully saturated rings. The lowest BCUT2D eigenvalue weighted by molar-refractivity contribution is 0.148. The molecule has 0 spiro atoms. The summed E-state index contributed by atoms with van der Waals surface area (Å²) < 4.78 is 2.03. The molecule has 1 aliphatic rings. The van der Waals surface area contributed by atoms with Gasteiger partial charge in [-0.25, -0.2) is 4.98 Å². The van der Waals surface area contributed by atoms with E-state index in [0.29, 0.717) is 6.54 Å². The Kier molecular flexibility index (Phi) is 3.50. The minimum atomic E-state index is -0.310. The number of rotatable bonds is 3. The summed E-state index contributed by atoms with van der Waals surface area (Å²) in [4.78, 5) is 10.8. The first-order chi connectivity index (χ1) is 11.2. The van der Waals surface area contributed by atoms with Crippen molar-refractivity contribution in [1.29, 1.82) is 0 Å². The van der Waals surface area contributed by atoms with Crippen LogP contribution >= 0.6 is 0 Å². The van der Waals surface area contributed by atoms with E-state index >= 15 is 0 Å². The molecule has 0 aliphatic carbocycles. The first-order valence-corrected chi connectivity index (χ1v) is 7.94. The Morgan fingerprint density at radius 1 is 1.13 bits per heavy atom. The fraction of sp³-hybridized carbons (Fsp3) is 0.333. The van der Waals surface area contributed by atoms with Crippen LogP contribution in [0.3, 0.4) is 0 Å². The molecule has 1 aliphatic heterocycles. The summed E-state index contributed by atoms with van der Waals surface area (Å²) in [6.07, 6.45) is 8.07. The van der Waals surface area contributed by atoms with Crippen LogP contribution in [-0.2, 0) is 13.5 Å². The van der Waals surface area contributed by atoms with Gasteiger partial charge in [0.2, 0.25) is 0 Å². The van der Waals surface area contributed by atoms with Crippen molar-refractivity contribution in [3.8, 4) is 0 Å². The molecule has 4 rings (SSSR count). The molecule has 4 heterocycles. The Bertz CT molecular complexity index is 814. The molecule has 0 saturated carbocycles. The molecule has 3 aromatic heterocycles. The number of aryl methyl sites for hydroxylation is 1. The van der Waals surface area contributed by atoms with Crippen LogP contribution in [0.25, 0.3) is 11.0 Å². The van der Waals surface area contributed by atoms with Gasteiger partial charge in [0.05, 0.1) is 6.10 Å². The van der Waals surface area contributed by atoms with Crippen molar-refractivity contribution in [3.63, 3.8) is 0 Å². The van der Waals surface area contributed by atoms with Crippen LogP contribution in [0.5, 0.6) is 0 Å². The van der Waals surface area contributed by atoms with Crippen molar-refractivity contribution < 1.29 is 5.11 Å². The number of aliphatic hydroxyl groups is 1. The summed E-state index contributed by atoms with van der Waals surface area (Å²) in [6, 6.07) is 8.19. The predicted molar refractivity (Wildman–Crippen MR) is 90.4 cm³/mol. The van der Waals surface area contributed by atoms with Crippen LogP contribution in [0.15, 0.2) is 49.1 Å². The van der Waals surface area contributed by atoms with Crippen molar-refractivity contribution in [3.05, 3.63) is 54.6 Å². The maximum Gasteiger partial charge on any atom is 0.141 e. The first kappa shape index (κ1) is 14.2. The van der Waals surface area contributed by atoms with Gasteiger partial charge in [-0.2, -0.15) is 0 Å². The number of β-amino-alcohol motifs (C(OH)–C–C–N with tert-alkyl or cyclic N) is 1. The van der Waals surface area contributed by atoms with E-state index < -0.39 is 0 Å². The van der Waals surface area contributed by atoms with E-state index in [1.807, 2.05) is 54.6 Å². The van der Waals surface area contributed by atoms with Crippen LogP contribution in [-0.4, -0.2) is 38.8 Å². The molecule has 5 nitrogen and oxygen atoms in total. The molecule has 118 valence electrons. The SMILES string of the molecule is Cn1ccc2c(N3C[C@@H](Cc4ccncc4)[C@H](O)C3)ccnc21. The minimum absolute atomic E-state index is 0.240. The lowest BCUT2D eigenvalue weighted by Gasteiger charge is -2.19. The van der Waals surface area contributed by atoms with Crippen LogP contribution in [0, 0.1) is 5.92 Å². The molecule has 0 aromatic carbocycles. The third-order valence-electron chi connectivity index (χ3n) is 4.74. The molecule has 3 aromatic rings. The van der Waals surface area contributed by atoms with Crippen LogP contribution in [0.1, 0.15) is 5.56 Å². The minimum Gasteiger partial charge on any atom is -0.391 e. The van der Waals surface area contributed by atoms with E-state index in [-0.39, 0.29) is 12.0 Å². The van der Waals surface area contributed by atoms with E-state index in [4.69, 9.17) is 0 Å². The van der Waals surface area contributed by atoms with Gasteiger partial charge in [-0.1, -0.05) is 0 Å². The number of anilines is 1. The molecule has 5 heteroatoms. The van der Waals surface area contributed by atoms with Crippen molar-refractivity contribution in [1.82, 2.24) is 14.5 Å². The zero-order chi connectivity index (χ0) is 15.8. The van der Waals surface area contributed by atoms with Crippen LogP contribution < -0.4 is 4.90 Å². The summed E-state index contributed by atoms with van der Waals surface area (Å²) in [6.45, 7) is 1.53. The third-order valence-corrected chi connectivity index (χ3v) is 4.74. The van der Waals surface area contributed by atoms with Crippen LogP contribution in [0.4, 0.5) is 5.69 Å². The highest BCUT2D eigenvalue weighted by Gasteiger charge is 2.32. The van der Waals surface area contributed by atoms with Gasteiger partial charge in [0.15, 0.2) is 0 Å². The number of pyridine rings is 2. The number of hydrogen-bond donors (Lipinski definition) is 1.